The normalized spacial score (nSPS) is 13.7. The summed E-state index contributed by atoms with van der Waals surface area (Å²) in [5.74, 6) is 0.672. The van der Waals surface area contributed by atoms with Crippen LogP contribution in [-0.2, 0) is 6.18 Å². The van der Waals surface area contributed by atoms with Crippen molar-refractivity contribution in [3.8, 4) is 5.75 Å². The molecular formula is C22H24F3N3O. The molecule has 1 aromatic heterocycles. The van der Waals surface area contributed by atoms with Gasteiger partial charge in [0.25, 0.3) is 0 Å². The Kier molecular flexibility index (Phi) is 6.46. The molecule has 2 unspecified atom stereocenters. The van der Waals surface area contributed by atoms with Gasteiger partial charge in [-0.25, -0.2) is 0 Å². The first-order chi connectivity index (χ1) is 13.9. The number of nitrogens with zero attached hydrogens (tertiary/aromatic N) is 1. The monoisotopic (exact) mass is 403 g/mol. The van der Waals surface area contributed by atoms with Crippen LogP contribution >= 0.6 is 0 Å². The molecule has 7 heteroatoms. The molecule has 0 saturated heterocycles. The molecule has 0 aliphatic rings. The average Bonchev–Trinajstić information content (AvgIpc) is 3.20. The number of hydrogen-bond donors (Lipinski definition) is 2. The van der Waals surface area contributed by atoms with E-state index in [-0.39, 0.29) is 11.7 Å². The van der Waals surface area contributed by atoms with E-state index in [0.717, 1.165) is 18.9 Å². The van der Waals surface area contributed by atoms with Crippen molar-refractivity contribution in [2.24, 2.45) is 0 Å². The molecule has 3 aromatic rings. The van der Waals surface area contributed by atoms with Crippen LogP contribution in [0, 0.1) is 0 Å². The van der Waals surface area contributed by atoms with Gasteiger partial charge in [0, 0.05) is 23.5 Å². The predicted octanol–water partition coefficient (Wildman–Crippen LogP) is 6.20. The van der Waals surface area contributed by atoms with E-state index in [9.17, 15) is 13.2 Å². The van der Waals surface area contributed by atoms with Crippen LogP contribution in [0.4, 0.5) is 18.9 Å². The van der Waals surface area contributed by atoms with Crippen LogP contribution in [0.1, 0.15) is 49.4 Å². The average molecular weight is 403 g/mol. The Morgan fingerprint density at radius 3 is 2.62 bits per heavy atom. The Hall–Kier alpha value is -2.96. The highest BCUT2D eigenvalue weighted by molar-refractivity contribution is 5.53. The van der Waals surface area contributed by atoms with Gasteiger partial charge in [-0.15, -0.1) is 0 Å². The minimum atomic E-state index is -4.46. The fourth-order valence-electron chi connectivity index (χ4n) is 3.29. The van der Waals surface area contributed by atoms with Gasteiger partial charge in [0.2, 0.25) is 0 Å². The van der Waals surface area contributed by atoms with Crippen molar-refractivity contribution in [3.63, 3.8) is 0 Å². The van der Waals surface area contributed by atoms with Gasteiger partial charge in [-0.1, -0.05) is 37.6 Å². The summed E-state index contributed by atoms with van der Waals surface area (Å²) < 4.78 is 46.7. The zero-order chi connectivity index (χ0) is 20.9. The summed E-state index contributed by atoms with van der Waals surface area (Å²) >= 11 is 0. The minimum absolute atomic E-state index is 0.0610. The second kappa shape index (κ2) is 9.03. The highest BCUT2D eigenvalue weighted by Crippen LogP contribution is 2.38. The van der Waals surface area contributed by atoms with Gasteiger partial charge in [0.15, 0.2) is 0 Å². The first-order valence-electron chi connectivity index (χ1n) is 9.56. The number of nitrogens with one attached hydrogen (secondary N) is 2. The largest absolute Gasteiger partial charge is 0.491 e. The van der Waals surface area contributed by atoms with Crippen molar-refractivity contribution in [1.82, 2.24) is 10.2 Å². The second-order valence-corrected chi connectivity index (χ2v) is 6.94. The molecule has 0 amide bonds. The molecule has 0 bridgehead atoms. The molecule has 1 heterocycles. The smallest absolute Gasteiger partial charge is 0.416 e. The van der Waals surface area contributed by atoms with Gasteiger partial charge in [0.1, 0.15) is 5.75 Å². The van der Waals surface area contributed by atoms with E-state index < -0.39 is 17.8 Å². The Bertz CT molecular complexity index is 910. The number of rotatable bonds is 8. The summed E-state index contributed by atoms with van der Waals surface area (Å²) in [5.41, 5.74) is 0.719. The van der Waals surface area contributed by atoms with Gasteiger partial charge in [0.05, 0.1) is 23.9 Å². The Balaban J connectivity index is 1.94. The number of H-pyrrole nitrogens is 1. The van der Waals surface area contributed by atoms with E-state index in [1.165, 1.54) is 18.3 Å². The molecule has 0 aliphatic carbocycles. The summed E-state index contributed by atoms with van der Waals surface area (Å²) in [6, 6.07) is 12.1. The number of anilines is 1. The lowest BCUT2D eigenvalue weighted by molar-refractivity contribution is -0.138. The summed E-state index contributed by atoms with van der Waals surface area (Å²) in [7, 11) is 0. The Morgan fingerprint density at radius 2 is 1.93 bits per heavy atom. The second-order valence-electron chi connectivity index (χ2n) is 6.94. The van der Waals surface area contributed by atoms with Crippen LogP contribution in [0.5, 0.6) is 5.75 Å². The lowest BCUT2D eigenvalue weighted by Gasteiger charge is -2.23. The van der Waals surface area contributed by atoms with Gasteiger partial charge in [-0.2, -0.15) is 18.3 Å². The van der Waals surface area contributed by atoms with Crippen molar-refractivity contribution >= 4 is 5.69 Å². The standard InChI is InChI=1S/C22H24F3N3O/c1-3-7-15(2)29-18-9-6-8-17(12-18)28-21(16-13-26-27-14-16)19-10-4-5-11-20(19)22(23,24)25/h4-6,8-15,21,28H,3,7H2,1-2H3,(H,26,27). The number of hydrogen-bond acceptors (Lipinski definition) is 3. The summed E-state index contributed by atoms with van der Waals surface area (Å²) in [6.07, 6.45) is 0.652. The molecule has 2 aromatic carbocycles. The minimum Gasteiger partial charge on any atom is -0.491 e. The quantitative estimate of drug-likeness (QED) is 0.471. The topological polar surface area (TPSA) is 49.9 Å². The summed E-state index contributed by atoms with van der Waals surface area (Å²) in [5, 5.41) is 9.80. The van der Waals surface area contributed by atoms with Gasteiger partial charge in [-0.3, -0.25) is 5.10 Å². The Morgan fingerprint density at radius 1 is 1.14 bits per heavy atom. The molecule has 3 rings (SSSR count). The van der Waals surface area contributed by atoms with E-state index in [1.54, 1.807) is 24.4 Å². The molecule has 0 saturated carbocycles. The van der Waals surface area contributed by atoms with E-state index in [1.807, 2.05) is 19.1 Å². The van der Waals surface area contributed by atoms with Crippen LogP contribution < -0.4 is 10.1 Å². The lowest BCUT2D eigenvalue weighted by Crippen LogP contribution is -2.18. The molecule has 0 radical (unpaired) electrons. The number of ether oxygens (including phenoxy) is 1. The van der Waals surface area contributed by atoms with Crippen molar-refractivity contribution in [3.05, 3.63) is 77.6 Å². The van der Waals surface area contributed by atoms with E-state index in [2.05, 4.69) is 22.4 Å². The third-order valence-corrected chi connectivity index (χ3v) is 4.61. The molecule has 29 heavy (non-hydrogen) atoms. The first kappa shape index (κ1) is 20.8. The molecule has 0 spiro atoms. The zero-order valence-electron chi connectivity index (χ0n) is 16.3. The lowest BCUT2D eigenvalue weighted by atomic mass is 9.95. The number of halogens is 3. The van der Waals surface area contributed by atoms with Crippen LogP contribution in [0.15, 0.2) is 60.9 Å². The van der Waals surface area contributed by atoms with Crippen molar-refractivity contribution < 1.29 is 17.9 Å². The molecule has 0 fully saturated rings. The highest BCUT2D eigenvalue weighted by Gasteiger charge is 2.35. The Labute approximate surface area is 168 Å². The fraction of sp³-hybridized carbons (Fsp3) is 0.318. The summed E-state index contributed by atoms with van der Waals surface area (Å²) in [6.45, 7) is 4.09. The van der Waals surface area contributed by atoms with Gasteiger partial charge in [-0.05, 0) is 37.1 Å². The van der Waals surface area contributed by atoms with Crippen molar-refractivity contribution in [1.29, 1.82) is 0 Å². The molecule has 154 valence electrons. The predicted molar refractivity (Wildman–Crippen MR) is 107 cm³/mol. The molecule has 0 aliphatic heterocycles. The maximum atomic E-state index is 13.6. The van der Waals surface area contributed by atoms with E-state index in [4.69, 9.17) is 4.74 Å². The van der Waals surface area contributed by atoms with Crippen LogP contribution in [-0.4, -0.2) is 16.3 Å². The number of aromatic amines is 1. The van der Waals surface area contributed by atoms with E-state index in [0.29, 0.717) is 17.0 Å². The van der Waals surface area contributed by atoms with Crippen molar-refractivity contribution in [2.75, 3.05) is 5.32 Å². The van der Waals surface area contributed by atoms with Crippen LogP contribution in [0.3, 0.4) is 0 Å². The maximum Gasteiger partial charge on any atom is 0.416 e. The third kappa shape index (κ3) is 5.31. The van der Waals surface area contributed by atoms with Crippen molar-refractivity contribution in [2.45, 2.75) is 45.0 Å². The zero-order valence-corrected chi connectivity index (χ0v) is 16.3. The van der Waals surface area contributed by atoms with Crippen LogP contribution in [0.2, 0.25) is 0 Å². The molecule has 4 nitrogen and oxygen atoms in total. The van der Waals surface area contributed by atoms with E-state index >= 15 is 0 Å². The number of aromatic nitrogens is 2. The molecule has 2 N–H and O–H groups in total. The molecular weight excluding hydrogens is 379 g/mol. The maximum absolute atomic E-state index is 13.6. The third-order valence-electron chi connectivity index (χ3n) is 4.61. The number of benzene rings is 2. The fourth-order valence-corrected chi connectivity index (χ4v) is 3.29. The summed E-state index contributed by atoms with van der Waals surface area (Å²) in [4.78, 5) is 0. The molecule has 2 atom stereocenters. The van der Waals surface area contributed by atoms with Gasteiger partial charge < -0.3 is 10.1 Å². The van der Waals surface area contributed by atoms with Gasteiger partial charge >= 0.3 is 6.18 Å². The first-order valence-corrected chi connectivity index (χ1v) is 9.56. The highest BCUT2D eigenvalue weighted by atomic mass is 19.4. The number of alkyl halides is 3. The SMILES string of the molecule is CCCC(C)Oc1cccc(NC(c2cn[nH]c2)c2ccccc2C(F)(F)F)c1. The van der Waals surface area contributed by atoms with Crippen LogP contribution in [0.25, 0.3) is 0 Å².